The normalized spacial score (nSPS) is 18.7. The number of methoxy groups -OCH3 is 1. The molecule has 0 aromatic heterocycles. The maximum Gasteiger partial charge on any atom is 0.337 e. The van der Waals surface area contributed by atoms with Crippen LogP contribution in [0.3, 0.4) is 0 Å². The second-order valence-corrected chi connectivity index (χ2v) is 6.85. The predicted octanol–water partition coefficient (Wildman–Crippen LogP) is 0.812. The molecule has 2 N–H and O–H groups in total. The maximum atomic E-state index is 12.3. The number of carbonyl (C=O) groups is 1. The molecule has 0 spiro atoms. The molecule has 116 valence electrons. The van der Waals surface area contributed by atoms with Crippen molar-refractivity contribution in [2.45, 2.75) is 30.7 Å². The van der Waals surface area contributed by atoms with E-state index in [2.05, 4.69) is 14.8 Å². The zero-order chi connectivity index (χ0) is 15.5. The Bertz CT molecular complexity index is 622. The molecule has 1 aromatic carbocycles. The lowest BCUT2D eigenvalue weighted by molar-refractivity contribution is 0.0600. The van der Waals surface area contributed by atoms with Crippen LogP contribution in [0.4, 0.5) is 0 Å². The molecular weight excluding hydrogens is 292 g/mol. The van der Waals surface area contributed by atoms with E-state index in [9.17, 15) is 13.2 Å². The second-order valence-electron chi connectivity index (χ2n) is 5.12. The molecule has 0 aliphatic carbocycles. The number of benzene rings is 1. The van der Waals surface area contributed by atoms with Crippen LogP contribution in [0.1, 0.15) is 28.8 Å². The van der Waals surface area contributed by atoms with Crippen molar-refractivity contribution >= 4 is 16.0 Å². The van der Waals surface area contributed by atoms with Gasteiger partial charge in [-0.15, -0.1) is 0 Å². The fraction of sp³-hybridized carbons (Fsp3) is 0.500. The van der Waals surface area contributed by atoms with Crippen molar-refractivity contribution < 1.29 is 17.9 Å². The van der Waals surface area contributed by atoms with Crippen molar-refractivity contribution in [3.05, 3.63) is 29.3 Å². The molecule has 0 bridgehead atoms. The summed E-state index contributed by atoms with van der Waals surface area (Å²) >= 11 is 0. The minimum absolute atomic E-state index is 0.188. The van der Waals surface area contributed by atoms with Gasteiger partial charge in [-0.2, -0.15) is 0 Å². The van der Waals surface area contributed by atoms with E-state index >= 15 is 0 Å². The quantitative estimate of drug-likeness (QED) is 0.786. The number of hydrogen-bond acceptors (Lipinski definition) is 5. The van der Waals surface area contributed by atoms with E-state index in [1.165, 1.54) is 25.3 Å². The Morgan fingerprint density at radius 3 is 2.81 bits per heavy atom. The summed E-state index contributed by atoms with van der Waals surface area (Å²) in [4.78, 5) is 11.6. The molecule has 1 unspecified atom stereocenters. The van der Waals surface area contributed by atoms with Crippen molar-refractivity contribution in [1.82, 2.24) is 10.0 Å². The van der Waals surface area contributed by atoms with Gasteiger partial charge in [0.05, 0.1) is 17.6 Å². The fourth-order valence-electron chi connectivity index (χ4n) is 2.41. The molecule has 0 radical (unpaired) electrons. The van der Waals surface area contributed by atoms with Gasteiger partial charge in [0.1, 0.15) is 0 Å². The first-order valence-corrected chi connectivity index (χ1v) is 8.34. The summed E-state index contributed by atoms with van der Waals surface area (Å²) in [5, 5.41) is 3.24. The molecule has 0 saturated carbocycles. The van der Waals surface area contributed by atoms with Gasteiger partial charge in [0, 0.05) is 12.6 Å². The Kier molecular flexibility index (Phi) is 4.97. The molecular formula is C14H20N2O4S. The summed E-state index contributed by atoms with van der Waals surface area (Å²) in [6.07, 6.45) is 2.04. The van der Waals surface area contributed by atoms with Gasteiger partial charge in [-0.25, -0.2) is 17.9 Å². The molecule has 2 rings (SSSR count). The number of rotatable bonds is 5. The van der Waals surface area contributed by atoms with E-state index in [0.717, 1.165) is 19.4 Å². The zero-order valence-electron chi connectivity index (χ0n) is 12.2. The van der Waals surface area contributed by atoms with E-state index in [1.54, 1.807) is 6.92 Å². The van der Waals surface area contributed by atoms with Crippen molar-refractivity contribution in [2.24, 2.45) is 0 Å². The minimum atomic E-state index is -3.57. The summed E-state index contributed by atoms with van der Waals surface area (Å²) in [7, 11) is -2.28. The highest BCUT2D eigenvalue weighted by Gasteiger charge is 2.21. The molecule has 1 heterocycles. The van der Waals surface area contributed by atoms with Crippen LogP contribution in [-0.4, -0.2) is 40.6 Å². The van der Waals surface area contributed by atoms with Gasteiger partial charge in [0.25, 0.3) is 0 Å². The van der Waals surface area contributed by atoms with Crippen LogP contribution in [0.5, 0.6) is 0 Å². The van der Waals surface area contributed by atoms with Crippen molar-refractivity contribution in [3.8, 4) is 0 Å². The summed E-state index contributed by atoms with van der Waals surface area (Å²) < 4.78 is 31.8. The Hall–Kier alpha value is -1.44. The maximum absolute atomic E-state index is 12.3. The average molecular weight is 312 g/mol. The van der Waals surface area contributed by atoms with Crippen LogP contribution in [0.2, 0.25) is 0 Å². The first kappa shape index (κ1) is 15.9. The van der Waals surface area contributed by atoms with Crippen molar-refractivity contribution in [2.75, 3.05) is 20.2 Å². The summed E-state index contributed by atoms with van der Waals surface area (Å²) in [5.74, 6) is -0.481. The minimum Gasteiger partial charge on any atom is -0.465 e. The molecule has 1 saturated heterocycles. The van der Waals surface area contributed by atoms with Gasteiger partial charge in [-0.05, 0) is 50.1 Å². The molecule has 1 aromatic rings. The van der Waals surface area contributed by atoms with Crippen molar-refractivity contribution in [3.63, 3.8) is 0 Å². The summed E-state index contributed by atoms with van der Waals surface area (Å²) in [5.41, 5.74) is 0.858. The van der Waals surface area contributed by atoms with Crippen LogP contribution >= 0.6 is 0 Å². The number of ether oxygens (including phenoxy) is 1. The van der Waals surface area contributed by atoms with E-state index in [-0.39, 0.29) is 10.9 Å². The highest BCUT2D eigenvalue weighted by Crippen LogP contribution is 2.17. The Morgan fingerprint density at radius 1 is 1.48 bits per heavy atom. The Labute approximate surface area is 124 Å². The third-order valence-corrected chi connectivity index (χ3v) is 5.15. The summed E-state index contributed by atoms with van der Waals surface area (Å²) in [6, 6.07) is 4.61. The Morgan fingerprint density at radius 2 is 2.24 bits per heavy atom. The van der Waals surface area contributed by atoms with Gasteiger partial charge in [-0.3, -0.25) is 0 Å². The van der Waals surface area contributed by atoms with E-state index in [4.69, 9.17) is 0 Å². The first-order valence-electron chi connectivity index (χ1n) is 6.86. The standard InChI is InChI=1S/C14H20N2O4S/c1-10-8-11(14(17)20-2)5-6-13(10)21(18,19)16-9-12-4-3-7-15-12/h5-6,8,12,15-16H,3-4,7,9H2,1-2H3. The zero-order valence-corrected chi connectivity index (χ0v) is 13.0. The molecule has 1 aliphatic rings. The highest BCUT2D eigenvalue weighted by atomic mass is 32.2. The highest BCUT2D eigenvalue weighted by molar-refractivity contribution is 7.89. The topological polar surface area (TPSA) is 84.5 Å². The summed E-state index contributed by atoms with van der Waals surface area (Å²) in [6.45, 7) is 2.97. The SMILES string of the molecule is COC(=O)c1ccc(S(=O)(=O)NCC2CCCN2)c(C)c1. The molecule has 6 nitrogen and oxygen atoms in total. The monoisotopic (exact) mass is 312 g/mol. The number of sulfonamides is 1. The van der Waals surface area contributed by atoms with E-state index in [0.29, 0.717) is 17.7 Å². The van der Waals surface area contributed by atoms with Crippen LogP contribution in [0.25, 0.3) is 0 Å². The molecule has 7 heteroatoms. The average Bonchev–Trinajstić information content (AvgIpc) is 2.97. The molecule has 1 atom stereocenters. The molecule has 1 fully saturated rings. The second kappa shape index (κ2) is 6.55. The number of esters is 1. The Balaban J connectivity index is 2.13. The lowest BCUT2D eigenvalue weighted by Crippen LogP contribution is -2.37. The molecule has 21 heavy (non-hydrogen) atoms. The van der Waals surface area contributed by atoms with Gasteiger partial charge < -0.3 is 10.1 Å². The van der Waals surface area contributed by atoms with Crippen LogP contribution in [-0.2, 0) is 14.8 Å². The lowest BCUT2D eigenvalue weighted by Gasteiger charge is -2.13. The third kappa shape index (κ3) is 3.81. The third-order valence-electron chi connectivity index (χ3n) is 3.57. The van der Waals surface area contributed by atoms with E-state index in [1.807, 2.05) is 0 Å². The van der Waals surface area contributed by atoms with Crippen molar-refractivity contribution in [1.29, 1.82) is 0 Å². The number of nitrogens with one attached hydrogen (secondary N) is 2. The van der Waals surface area contributed by atoms with Gasteiger partial charge in [-0.1, -0.05) is 0 Å². The predicted molar refractivity (Wildman–Crippen MR) is 78.7 cm³/mol. The van der Waals surface area contributed by atoms with Gasteiger partial charge in [0.2, 0.25) is 10.0 Å². The number of aryl methyl sites for hydroxylation is 1. The molecule has 1 aliphatic heterocycles. The van der Waals surface area contributed by atoms with Gasteiger partial charge in [0.15, 0.2) is 0 Å². The van der Waals surface area contributed by atoms with E-state index < -0.39 is 16.0 Å². The first-order chi connectivity index (χ1) is 9.94. The van der Waals surface area contributed by atoms with Gasteiger partial charge >= 0.3 is 5.97 Å². The smallest absolute Gasteiger partial charge is 0.337 e. The molecule has 0 amide bonds. The van der Waals surface area contributed by atoms with Crippen LogP contribution < -0.4 is 10.0 Å². The number of carbonyl (C=O) groups excluding carboxylic acids is 1. The lowest BCUT2D eigenvalue weighted by atomic mass is 10.1. The number of hydrogen-bond donors (Lipinski definition) is 2. The fourth-order valence-corrected chi connectivity index (χ4v) is 3.72. The van der Waals surface area contributed by atoms with Crippen LogP contribution in [0.15, 0.2) is 23.1 Å². The largest absolute Gasteiger partial charge is 0.465 e. The van der Waals surface area contributed by atoms with Crippen LogP contribution in [0, 0.1) is 6.92 Å².